The fourth-order valence-corrected chi connectivity index (χ4v) is 2.47. The Hall–Kier alpha value is -2.22. The lowest BCUT2D eigenvalue weighted by molar-refractivity contribution is -0.385. The summed E-state index contributed by atoms with van der Waals surface area (Å²) in [5.41, 5.74) is -0.879. The summed E-state index contributed by atoms with van der Waals surface area (Å²) >= 11 is 0. The van der Waals surface area contributed by atoms with E-state index in [0.29, 0.717) is 18.3 Å². The molecule has 0 aromatic carbocycles. The van der Waals surface area contributed by atoms with Crippen molar-refractivity contribution < 1.29 is 19.6 Å². The van der Waals surface area contributed by atoms with Crippen molar-refractivity contribution in [3.05, 3.63) is 27.9 Å². The first kappa shape index (κ1) is 15.2. The summed E-state index contributed by atoms with van der Waals surface area (Å²) in [7, 11) is 0. The predicted molar refractivity (Wildman–Crippen MR) is 74.5 cm³/mol. The highest BCUT2D eigenvalue weighted by Gasteiger charge is 2.27. The van der Waals surface area contributed by atoms with Crippen molar-refractivity contribution >= 4 is 17.5 Å². The van der Waals surface area contributed by atoms with E-state index in [1.165, 1.54) is 6.07 Å². The third kappa shape index (κ3) is 3.46. The minimum atomic E-state index is -1.34. The van der Waals surface area contributed by atoms with Crippen molar-refractivity contribution in [1.29, 1.82) is 0 Å². The van der Waals surface area contributed by atoms with Gasteiger partial charge in [0, 0.05) is 25.1 Å². The van der Waals surface area contributed by atoms with E-state index in [2.05, 4.69) is 17.2 Å². The van der Waals surface area contributed by atoms with E-state index >= 15 is 0 Å². The lowest BCUT2D eigenvalue weighted by Crippen LogP contribution is -2.23. The zero-order chi connectivity index (χ0) is 15.4. The first-order valence-electron chi connectivity index (χ1n) is 6.76. The van der Waals surface area contributed by atoms with Gasteiger partial charge in [-0.1, -0.05) is 6.92 Å². The van der Waals surface area contributed by atoms with Gasteiger partial charge < -0.3 is 15.2 Å². The normalized spacial score (nSPS) is 21.2. The molecule has 2 heterocycles. The molecule has 0 spiro atoms. The Balaban J connectivity index is 2.09. The molecule has 0 aliphatic carbocycles. The molecule has 0 saturated carbocycles. The molecule has 1 aliphatic heterocycles. The number of aromatic nitrogens is 1. The van der Waals surface area contributed by atoms with Crippen molar-refractivity contribution in [2.75, 3.05) is 18.5 Å². The zero-order valence-electron chi connectivity index (χ0n) is 11.6. The molecule has 2 atom stereocenters. The molecule has 1 fully saturated rings. The number of hydrogen-bond donors (Lipinski definition) is 2. The molecule has 0 amide bonds. The molecule has 0 radical (unpaired) electrons. The number of pyridine rings is 1. The number of ether oxygens (including phenoxy) is 1. The molecule has 8 nitrogen and oxygen atoms in total. The standard InChI is InChI=1S/C13H17N3O5/c1-2-11-8(3-4-21-11)6-14-12-5-9(13(17)18)10(7-15-12)16(19)20/h5,7-8,11H,2-4,6H2,1H3,(H,14,15)(H,17,18). The van der Waals surface area contributed by atoms with E-state index in [0.717, 1.165) is 25.6 Å². The Kier molecular flexibility index (Phi) is 4.69. The summed E-state index contributed by atoms with van der Waals surface area (Å²) in [6.07, 6.45) is 3.01. The summed E-state index contributed by atoms with van der Waals surface area (Å²) in [6, 6.07) is 1.19. The van der Waals surface area contributed by atoms with Crippen LogP contribution in [-0.2, 0) is 4.74 Å². The average molecular weight is 295 g/mol. The third-order valence-electron chi connectivity index (χ3n) is 3.60. The van der Waals surface area contributed by atoms with Crippen LogP contribution in [0.2, 0.25) is 0 Å². The molecule has 1 aromatic heterocycles. The number of aromatic carboxylic acids is 1. The Labute approximate surface area is 121 Å². The van der Waals surface area contributed by atoms with Crippen LogP contribution in [0.25, 0.3) is 0 Å². The minimum absolute atomic E-state index is 0.189. The van der Waals surface area contributed by atoms with Crippen LogP contribution in [0.15, 0.2) is 12.3 Å². The molecule has 1 aromatic rings. The molecule has 21 heavy (non-hydrogen) atoms. The van der Waals surface area contributed by atoms with Crippen molar-refractivity contribution in [3.63, 3.8) is 0 Å². The van der Waals surface area contributed by atoms with E-state index in [1.54, 1.807) is 0 Å². The predicted octanol–water partition coefficient (Wildman–Crippen LogP) is 1.91. The van der Waals surface area contributed by atoms with Gasteiger partial charge in [-0.25, -0.2) is 9.78 Å². The fraction of sp³-hybridized carbons (Fsp3) is 0.538. The fourth-order valence-electron chi connectivity index (χ4n) is 2.47. The summed E-state index contributed by atoms with van der Waals surface area (Å²) in [4.78, 5) is 25.0. The minimum Gasteiger partial charge on any atom is -0.477 e. The van der Waals surface area contributed by atoms with E-state index in [-0.39, 0.29) is 11.7 Å². The van der Waals surface area contributed by atoms with Crippen LogP contribution in [-0.4, -0.2) is 40.2 Å². The van der Waals surface area contributed by atoms with Gasteiger partial charge in [-0.3, -0.25) is 10.1 Å². The summed E-state index contributed by atoms with van der Waals surface area (Å²) in [5.74, 6) is -0.692. The van der Waals surface area contributed by atoms with E-state index in [1.807, 2.05) is 0 Å². The number of anilines is 1. The smallest absolute Gasteiger partial charge is 0.342 e. The highest BCUT2D eigenvalue weighted by molar-refractivity contribution is 5.93. The number of rotatable bonds is 6. The number of nitrogens with zero attached hydrogens (tertiary/aromatic N) is 2. The van der Waals surface area contributed by atoms with Crippen molar-refractivity contribution in [2.24, 2.45) is 5.92 Å². The molecule has 1 aliphatic rings. The highest BCUT2D eigenvalue weighted by atomic mass is 16.6. The van der Waals surface area contributed by atoms with Crippen molar-refractivity contribution in [3.8, 4) is 0 Å². The lowest BCUT2D eigenvalue weighted by Gasteiger charge is -2.17. The van der Waals surface area contributed by atoms with Crippen molar-refractivity contribution in [1.82, 2.24) is 4.98 Å². The van der Waals surface area contributed by atoms with Crippen LogP contribution < -0.4 is 5.32 Å². The van der Waals surface area contributed by atoms with Gasteiger partial charge in [0.1, 0.15) is 17.6 Å². The topological polar surface area (TPSA) is 115 Å². The molecule has 2 unspecified atom stereocenters. The second kappa shape index (κ2) is 6.49. The van der Waals surface area contributed by atoms with E-state index < -0.39 is 16.6 Å². The molecule has 8 heteroatoms. The van der Waals surface area contributed by atoms with Gasteiger partial charge in [-0.05, 0) is 12.8 Å². The van der Waals surface area contributed by atoms with Crippen LogP contribution in [0, 0.1) is 16.0 Å². The Morgan fingerprint density at radius 2 is 2.43 bits per heavy atom. The number of nitro groups is 1. The summed E-state index contributed by atoms with van der Waals surface area (Å²) in [6.45, 7) is 3.37. The van der Waals surface area contributed by atoms with E-state index in [9.17, 15) is 14.9 Å². The third-order valence-corrected chi connectivity index (χ3v) is 3.60. The Morgan fingerprint density at radius 3 is 3.05 bits per heavy atom. The van der Waals surface area contributed by atoms with Crippen LogP contribution >= 0.6 is 0 Å². The SMILES string of the molecule is CCC1OCCC1CNc1cc(C(=O)O)c([N+](=O)[O-])cn1. The van der Waals surface area contributed by atoms with Gasteiger partial charge in [0.05, 0.1) is 11.0 Å². The van der Waals surface area contributed by atoms with Crippen LogP contribution in [0.4, 0.5) is 11.5 Å². The highest BCUT2D eigenvalue weighted by Crippen LogP contribution is 2.25. The zero-order valence-corrected chi connectivity index (χ0v) is 11.6. The monoisotopic (exact) mass is 295 g/mol. The van der Waals surface area contributed by atoms with Gasteiger partial charge in [-0.2, -0.15) is 0 Å². The van der Waals surface area contributed by atoms with Gasteiger partial charge in [0.25, 0.3) is 0 Å². The number of carbonyl (C=O) groups is 1. The maximum atomic E-state index is 11.1. The molecule has 0 bridgehead atoms. The number of carboxylic acid groups (broad SMARTS) is 1. The van der Waals surface area contributed by atoms with Gasteiger partial charge in [0.2, 0.25) is 0 Å². The quantitative estimate of drug-likeness (QED) is 0.608. The first-order valence-corrected chi connectivity index (χ1v) is 6.76. The Bertz CT molecular complexity index is 549. The number of hydrogen-bond acceptors (Lipinski definition) is 6. The second-order valence-corrected chi connectivity index (χ2v) is 4.90. The van der Waals surface area contributed by atoms with Crippen molar-refractivity contribution in [2.45, 2.75) is 25.9 Å². The maximum Gasteiger partial charge on any atom is 0.342 e. The Morgan fingerprint density at radius 1 is 1.67 bits per heavy atom. The second-order valence-electron chi connectivity index (χ2n) is 4.90. The van der Waals surface area contributed by atoms with Crippen LogP contribution in [0.1, 0.15) is 30.1 Å². The van der Waals surface area contributed by atoms with E-state index in [4.69, 9.17) is 9.84 Å². The maximum absolute atomic E-state index is 11.1. The van der Waals surface area contributed by atoms with Gasteiger partial charge in [0.15, 0.2) is 0 Å². The van der Waals surface area contributed by atoms with Gasteiger partial charge in [-0.15, -0.1) is 0 Å². The average Bonchev–Trinajstić information content (AvgIpc) is 2.92. The van der Waals surface area contributed by atoms with Gasteiger partial charge >= 0.3 is 11.7 Å². The largest absolute Gasteiger partial charge is 0.477 e. The molecule has 2 rings (SSSR count). The molecule has 1 saturated heterocycles. The number of nitrogens with one attached hydrogen (secondary N) is 1. The molecular formula is C13H17N3O5. The first-order chi connectivity index (χ1) is 10.0. The molecule has 2 N–H and O–H groups in total. The summed E-state index contributed by atoms with van der Waals surface area (Å²) < 4.78 is 5.57. The van der Waals surface area contributed by atoms with Crippen LogP contribution in [0.3, 0.4) is 0 Å². The van der Waals surface area contributed by atoms with Crippen LogP contribution in [0.5, 0.6) is 0 Å². The lowest BCUT2D eigenvalue weighted by atomic mass is 10.00. The molecule has 114 valence electrons. The number of carboxylic acids is 1. The summed E-state index contributed by atoms with van der Waals surface area (Å²) in [5, 5.41) is 22.8. The molecular weight excluding hydrogens is 278 g/mol.